The van der Waals surface area contributed by atoms with Crippen LogP contribution in [-0.4, -0.2) is 21.4 Å². The molecule has 2 aromatic carbocycles. The zero-order valence-electron chi connectivity index (χ0n) is 15.9. The molecule has 2 amide bonds. The van der Waals surface area contributed by atoms with Crippen molar-refractivity contribution in [2.75, 3.05) is 4.90 Å². The van der Waals surface area contributed by atoms with Crippen LogP contribution in [0.2, 0.25) is 0 Å². The van der Waals surface area contributed by atoms with Gasteiger partial charge in [-0.1, -0.05) is 36.4 Å². The molecule has 5 rings (SSSR count). The summed E-state index contributed by atoms with van der Waals surface area (Å²) in [4.78, 5) is 31.9. The highest BCUT2D eigenvalue weighted by Gasteiger charge is 2.42. The van der Waals surface area contributed by atoms with Gasteiger partial charge >= 0.3 is 0 Å². The minimum Gasteiger partial charge on any atom is -0.297 e. The Morgan fingerprint density at radius 1 is 0.931 bits per heavy atom. The Morgan fingerprint density at radius 2 is 1.72 bits per heavy atom. The number of para-hydroxylation sites is 1. The number of anilines is 1. The number of rotatable bonds is 3. The molecule has 1 atom stereocenters. The highest BCUT2D eigenvalue weighted by molar-refractivity contribution is 6.22. The number of aromatic nitrogens is 2. The Labute approximate surface area is 168 Å². The maximum absolute atomic E-state index is 13.3. The number of aryl methyl sites for hydroxylation is 1. The summed E-state index contributed by atoms with van der Waals surface area (Å²) in [5, 5.41) is 1.02. The van der Waals surface area contributed by atoms with Gasteiger partial charge in [0.25, 0.3) is 0 Å². The van der Waals surface area contributed by atoms with E-state index < -0.39 is 5.92 Å². The first-order chi connectivity index (χ1) is 14.1. The van der Waals surface area contributed by atoms with Crippen LogP contribution in [0.3, 0.4) is 0 Å². The molecule has 5 nitrogen and oxygen atoms in total. The molecule has 1 aliphatic rings. The third-order valence-corrected chi connectivity index (χ3v) is 5.38. The van der Waals surface area contributed by atoms with Gasteiger partial charge in [0.2, 0.25) is 11.8 Å². The first-order valence-electron chi connectivity index (χ1n) is 9.59. The second-order valence-corrected chi connectivity index (χ2v) is 7.31. The van der Waals surface area contributed by atoms with Crippen LogP contribution in [0.4, 0.5) is 5.69 Å². The van der Waals surface area contributed by atoms with Crippen LogP contribution < -0.4 is 4.90 Å². The second-order valence-electron chi connectivity index (χ2n) is 7.31. The molecule has 4 aromatic rings. The van der Waals surface area contributed by atoms with Crippen LogP contribution in [0.15, 0.2) is 79.0 Å². The summed E-state index contributed by atoms with van der Waals surface area (Å²) in [7, 11) is 0. The number of benzene rings is 2. The fourth-order valence-corrected chi connectivity index (χ4v) is 4.04. The molecule has 0 radical (unpaired) electrons. The molecule has 1 fully saturated rings. The molecule has 29 heavy (non-hydrogen) atoms. The number of carbonyl (C=O) groups excluding carboxylic acids is 2. The summed E-state index contributed by atoms with van der Waals surface area (Å²) < 4.78 is 2.01. The van der Waals surface area contributed by atoms with E-state index in [1.807, 2.05) is 66.1 Å². The summed E-state index contributed by atoms with van der Waals surface area (Å²) in [6.45, 7) is 2.04. The zero-order valence-corrected chi connectivity index (χ0v) is 15.9. The summed E-state index contributed by atoms with van der Waals surface area (Å²) in [6.07, 6.45) is 1.88. The monoisotopic (exact) mass is 381 g/mol. The quantitative estimate of drug-likeness (QED) is 0.495. The molecule has 2 aromatic heterocycles. The number of amides is 2. The van der Waals surface area contributed by atoms with Gasteiger partial charge in [-0.15, -0.1) is 0 Å². The van der Waals surface area contributed by atoms with Crippen LogP contribution in [-0.2, 0) is 9.59 Å². The van der Waals surface area contributed by atoms with Crippen molar-refractivity contribution in [2.45, 2.75) is 19.3 Å². The van der Waals surface area contributed by atoms with Crippen molar-refractivity contribution in [1.29, 1.82) is 0 Å². The molecule has 1 saturated heterocycles. The average molecular weight is 381 g/mol. The van der Waals surface area contributed by atoms with Gasteiger partial charge in [0.15, 0.2) is 0 Å². The highest BCUT2D eigenvalue weighted by Crippen LogP contribution is 2.37. The Balaban J connectivity index is 1.68. The summed E-state index contributed by atoms with van der Waals surface area (Å²) >= 11 is 0. The fraction of sp³-hybridized carbons (Fsp3) is 0.125. The molecule has 0 N–H and O–H groups in total. The zero-order chi connectivity index (χ0) is 20.0. The number of hydrogen-bond acceptors (Lipinski definition) is 3. The molecule has 5 heteroatoms. The Kier molecular flexibility index (Phi) is 4.02. The van der Waals surface area contributed by atoms with Crippen molar-refractivity contribution >= 4 is 28.4 Å². The topological polar surface area (TPSA) is 55.2 Å². The van der Waals surface area contributed by atoms with Crippen LogP contribution in [0, 0.1) is 6.92 Å². The molecule has 0 bridgehead atoms. The lowest BCUT2D eigenvalue weighted by Crippen LogP contribution is -2.30. The molecular formula is C24H19N3O2. The maximum atomic E-state index is 13.3. The molecular weight excluding hydrogens is 362 g/mol. The van der Waals surface area contributed by atoms with Crippen LogP contribution in [0.25, 0.3) is 16.7 Å². The first-order valence-corrected chi connectivity index (χ1v) is 9.59. The first kappa shape index (κ1) is 17.4. The van der Waals surface area contributed by atoms with E-state index in [0.29, 0.717) is 5.69 Å². The molecule has 0 aliphatic carbocycles. The van der Waals surface area contributed by atoms with E-state index in [4.69, 9.17) is 0 Å². The van der Waals surface area contributed by atoms with Crippen molar-refractivity contribution in [3.63, 3.8) is 0 Å². The van der Waals surface area contributed by atoms with Crippen LogP contribution in [0.5, 0.6) is 0 Å². The van der Waals surface area contributed by atoms with E-state index in [2.05, 4.69) is 11.1 Å². The second kappa shape index (κ2) is 6.71. The van der Waals surface area contributed by atoms with E-state index in [1.54, 1.807) is 18.3 Å². The van der Waals surface area contributed by atoms with Gasteiger partial charge in [-0.25, -0.2) is 9.88 Å². The van der Waals surface area contributed by atoms with Gasteiger partial charge < -0.3 is 0 Å². The van der Waals surface area contributed by atoms with Gasteiger partial charge in [0.05, 0.1) is 17.1 Å². The highest BCUT2D eigenvalue weighted by atomic mass is 16.2. The maximum Gasteiger partial charge on any atom is 0.243 e. The van der Waals surface area contributed by atoms with Gasteiger partial charge in [0.1, 0.15) is 5.82 Å². The summed E-state index contributed by atoms with van der Waals surface area (Å²) in [5.41, 5.74) is 3.51. The summed E-state index contributed by atoms with van der Waals surface area (Å²) in [5.74, 6) is -0.183. The average Bonchev–Trinajstić information content (AvgIpc) is 3.25. The lowest BCUT2D eigenvalue weighted by Gasteiger charge is -2.16. The van der Waals surface area contributed by atoms with Crippen molar-refractivity contribution in [2.24, 2.45) is 0 Å². The molecule has 1 aliphatic heterocycles. The van der Waals surface area contributed by atoms with Gasteiger partial charge in [-0.2, -0.15) is 0 Å². The van der Waals surface area contributed by atoms with Gasteiger partial charge in [-0.05, 0) is 48.9 Å². The Morgan fingerprint density at radius 3 is 2.48 bits per heavy atom. The Bertz CT molecular complexity index is 1230. The molecule has 142 valence electrons. The largest absolute Gasteiger partial charge is 0.297 e. The smallest absolute Gasteiger partial charge is 0.243 e. The number of hydrogen-bond donors (Lipinski definition) is 0. The van der Waals surface area contributed by atoms with E-state index >= 15 is 0 Å². The predicted octanol–water partition coefficient (Wildman–Crippen LogP) is 4.38. The number of fused-ring (bicyclic) bond motifs is 1. The lowest BCUT2D eigenvalue weighted by molar-refractivity contribution is -0.121. The SMILES string of the molecule is Cc1ccc2cc(C3CC(=O)N(c4ccccc4)C3=O)n(-c3ccccn3)c2c1. The minimum absolute atomic E-state index is 0.149. The third-order valence-electron chi connectivity index (χ3n) is 5.38. The minimum atomic E-state index is -0.544. The number of imide groups is 1. The van der Waals surface area contributed by atoms with Crippen molar-refractivity contribution in [1.82, 2.24) is 9.55 Å². The molecule has 0 saturated carbocycles. The number of nitrogens with zero attached hydrogens (tertiary/aromatic N) is 3. The van der Waals surface area contributed by atoms with Crippen molar-refractivity contribution in [3.05, 3.63) is 90.3 Å². The number of carbonyl (C=O) groups is 2. The van der Waals surface area contributed by atoms with E-state index in [1.165, 1.54) is 4.90 Å². The Hall–Kier alpha value is -3.73. The van der Waals surface area contributed by atoms with Crippen LogP contribution in [0.1, 0.15) is 23.6 Å². The van der Waals surface area contributed by atoms with Crippen molar-refractivity contribution < 1.29 is 9.59 Å². The van der Waals surface area contributed by atoms with Crippen LogP contribution >= 0.6 is 0 Å². The van der Waals surface area contributed by atoms with E-state index in [9.17, 15) is 9.59 Å². The number of pyridine rings is 1. The fourth-order valence-electron chi connectivity index (χ4n) is 4.04. The molecule has 3 heterocycles. The molecule has 1 unspecified atom stereocenters. The summed E-state index contributed by atoms with van der Waals surface area (Å²) in [6, 6.07) is 23.0. The molecule has 0 spiro atoms. The van der Waals surface area contributed by atoms with Gasteiger partial charge in [-0.3, -0.25) is 14.2 Å². The standard InChI is InChI=1S/C24H19N3O2/c1-16-10-11-17-14-21(27(20(17)13-16)22-9-5-6-12-25-22)19-15-23(28)26(24(19)29)18-7-3-2-4-8-18/h2-14,19H,15H2,1H3. The van der Waals surface area contributed by atoms with Crippen molar-refractivity contribution in [3.8, 4) is 5.82 Å². The predicted molar refractivity (Wildman–Crippen MR) is 112 cm³/mol. The van der Waals surface area contributed by atoms with Gasteiger partial charge in [0, 0.05) is 23.7 Å². The lowest BCUT2D eigenvalue weighted by atomic mass is 10.0. The van der Waals surface area contributed by atoms with E-state index in [-0.39, 0.29) is 18.2 Å². The van der Waals surface area contributed by atoms with E-state index in [0.717, 1.165) is 28.0 Å². The normalized spacial score (nSPS) is 16.7. The third kappa shape index (κ3) is 2.83.